The maximum atomic E-state index is 12.9. The standard InChI is InChI=1S/C20H27NO5S/c1-2-11-26-20(25)16-14-9-5-6-10-15(14)27-18(16)21-17(22)12-7-3-4-8-13(12)19(23)24/h12-13H,2-11H2,1H3,(H,21,22)(H,23,24)/t12-,13+/m0/s1. The van der Waals surface area contributed by atoms with Crippen LogP contribution in [0, 0.1) is 11.8 Å². The van der Waals surface area contributed by atoms with E-state index in [1.807, 2.05) is 6.92 Å². The van der Waals surface area contributed by atoms with E-state index in [2.05, 4.69) is 5.32 Å². The first-order chi connectivity index (χ1) is 13.0. The van der Waals surface area contributed by atoms with Crippen LogP contribution < -0.4 is 5.32 Å². The zero-order valence-corrected chi connectivity index (χ0v) is 16.5. The predicted molar refractivity (Wildman–Crippen MR) is 103 cm³/mol. The molecule has 1 saturated carbocycles. The van der Waals surface area contributed by atoms with Crippen LogP contribution in [0.4, 0.5) is 5.00 Å². The Morgan fingerprint density at radius 3 is 2.52 bits per heavy atom. The van der Waals surface area contributed by atoms with Gasteiger partial charge in [0.15, 0.2) is 0 Å². The van der Waals surface area contributed by atoms with Gasteiger partial charge in [-0.2, -0.15) is 0 Å². The number of nitrogens with one attached hydrogen (secondary N) is 1. The normalized spacial score (nSPS) is 22.0. The number of carboxylic acids is 1. The summed E-state index contributed by atoms with van der Waals surface area (Å²) in [6, 6.07) is 0. The van der Waals surface area contributed by atoms with Gasteiger partial charge in [0.05, 0.1) is 24.0 Å². The molecule has 0 spiro atoms. The van der Waals surface area contributed by atoms with Gasteiger partial charge < -0.3 is 15.2 Å². The lowest BCUT2D eigenvalue weighted by Gasteiger charge is -2.27. The van der Waals surface area contributed by atoms with Gasteiger partial charge in [0.2, 0.25) is 5.91 Å². The van der Waals surface area contributed by atoms with E-state index >= 15 is 0 Å². The molecule has 0 radical (unpaired) electrons. The highest BCUT2D eigenvalue weighted by Crippen LogP contribution is 2.40. The van der Waals surface area contributed by atoms with Gasteiger partial charge in [-0.3, -0.25) is 9.59 Å². The number of hydrogen-bond acceptors (Lipinski definition) is 5. The van der Waals surface area contributed by atoms with Crippen LogP contribution in [0.5, 0.6) is 0 Å². The molecule has 0 saturated heterocycles. The van der Waals surface area contributed by atoms with Gasteiger partial charge in [0.1, 0.15) is 5.00 Å². The molecule has 0 aromatic carbocycles. The van der Waals surface area contributed by atoms with E-state index in [0.29, 0.717) is 30.0 Å². The molecular weight excluding hydrogens is 366 g/mol. The van der Waals surface area contributed by atoms with Gasteiger partial charge in [0, 0.05) is 4.88 Å². The Morgan fingerprint density at radius 2 is 1.81 bits per heavy atom. The van der Waals surface area contributed by atoms with E-state index in [4.69, 9.17) is 4.74 Å². The van der Waals surface area contributed by atoms with E-state index in [1.165, 1.54) is 11.3 Å². The number of carbonyl (C=O) groups is 3. The Hall–Kier alpha value is -1.89. The van der Waals surface area contributed by atoms with Gasteiger partial charge in [-0.25, -0.2) is 4.79 Å². The first kappa shape index (κ1) is 19.9. The molecular formula is C20H27NO5S. The van der Waals surface area contributed by atoms with Crippen molar-refractivity contribution in [2.75, 3.05) is 11.9 Å². The third kappa shape index (κ3) is 4.34. The number of amides is 1. The molecule has 148 valence electrons. The minimum Gasteiger partial charge on any atom is -0.481 e. The third-order valence-corrected chi connectivity index (χ3v) is 6.68. The zero-order valence-electron chi connectivity index (χ0n) is 15.7. The quantitative estimate of drug-likeness (QED) is 0.712. The van der Waals surface area contributed by atoms with Crippen molar-refractivity contribution >= 4 is 34.2 Å². The SMILES string of the molecule is CCCOC(=O)c1c(NC(=O)[C@H]2CCCC[C@H]2C(=O)O)sc2c1CCCC2. The smallest absolute Gasteiger partial charge is 0.341 e. The summed E-state index contributed by atoms with van der Waals surface area (Å²) >= 11 is 1.45. The Labute approximate surface area is 163 Å². The molecule has 0 bridgehead atoms. The third-order valence-electron chi connectivity index (χ3n) is 5.47. The first-order valence-electron chi connectivity index (χ1n) is 9.88. The summed E-state index contributed by atoms with van der Waals surface area (Å²) in [5.74, 6) is -2.78. The van der Waals surface area contributed by atoms with Crippen molar-refractivity contribution in [3.63, 3.8) is 0 Å². The number of aliphatic carboxylic acids is 1. The largest absolute Gasteiger partial charge is 0.481 e. The number of thiophene rings is 1. The first-order valence-corrected chi connectivity index (χ1v) is 10.7. The number of anilines is 1. The van der Waals surface area contributed by atoms with Crippen molar-refractivity contribution < 1.29 is 24.2 Å². The fourth-order valence-electron chi connectivity index (χ4n) is 4.08. The summed E-state index contributed by atoms with van der Waals surface area (Å²) in [6.07, 6.45) is 7.36. The molecule has 0 unspecified atom stereocenters. The van der Waals surface area contributed by atoms with Gasteiger partial charge in [0.25, 0.3) is 0 Å². The van der Waals surface area contributed by atoms with E-state index in [0.717, 1.165) is 55.4 Å². The molecule has 2 N–H and O–H groups in total. The minimum absolute atomic E-state index is 0.287. The van der Waals surface area contributed by atoms with E-state index < -0.39 is 17.8 Å². The highest BCUT2D eigenvalue weighted by Gasteiger charge is 2.37. The number of esters is 1. The average molecular weight is 394 g/mol. The summed E-state index contributed by atoms with van der Waals surface area (Å²) in [7, 11) is 0. The van der Waals surface area contributed by atoms with Crippen LogP contribution in [0.1, 0.15) is 72.7 Å². The second-order valence-electron chi connectivity index (χ2n) is 7.38. The van der Waals surface area contributed by atoms with Crippen LogP contribution >= 0.6 is 11.3 Å². The van der Waals surface area contributed by atoms with Crippen molar-refractivity contribution in [2.24, 2.45) is 11.8 Å². The van der Waals surface area contributed by atoms with Crippen LogP contribution in [0.25, 0.3) is 0 Å². The van der Waals surface area contributed by atoms with Gasteiger partial charge in [-0.05, 0) is 50.5 Å². The van der Waals surface area contributed by atoms with Crippen LogP contribution in [0.3, 0.4) is 0 Å². The molecule has 1 fully saturated rings. The van der Waals surface area contributed by atoms with Crippen LogP contribution in [-0.2, 0) is 27.2 Å². The number of fused-ring (bicyclic) bond motifs is 1. The summed E-state index contributed by atoms with van der Waals surface area (Å²) < 4.78 is 5.35. The lowest BCUT2D eigenvalue weighted by Crippen LogP contribution is -2.36. The molecule has 1 aromatic heterocycles. The highest BCUT2D eigenvalue weighted by molar-refractivity contribution is 7.17. The highest BCUT2D eigenvalue weighted by atomic mass is 32.1. The summed E-state index contributed by atoms with van der Waals surface area (Å²) in [4.78, 5) is 38.2. The molecule has 7 heteroatoms. The van der Waals surface area contributed by atoms with Gasteiger partial charge in [-0.1, -0.05) is 19.8 Å². The van der Waals surface area contributed by atoms with Crippen molar-refractivity contribution in [3.05, 3.63) is 16.0 Å². The molecule has 2 aliphatic carbocycles. The van der Waals surface area contributed by atoms with Gasteiger partial charge >= 0.3 is 11.9 Å². The summed E-state index contributed by atoms with van der Waals surface area (Å²) in [6.45, 7) is 2.29. The number of ether oxygens (including phenoxy) is 1. The Balaban J connectivity index is 1.85. The van der Waals surface area contributed by atoms with Crippen molar-refractivity contribution in [2.45, 2.75) is 64.7 Å². The molecule has 6 nitrogen and oxygen atoms in total. The van der Waals surface area contributed by atoms with Crippen molar-refractivity contribution in [1.29, 1.82) is 0 Å². The number of carbonyl (C=O) groups excluding carboxylic acids is 2. The number of hydrogen-bond donors (Lipinski definition) is 2. The summed E-state index contributed by atoms with van der Waals surface area (Å²) in [5, 5.41) is 12.9. The molecule has 3 rings (SSSR count). The summed E-state index contributed by atoms with van der Waals surface area (Å²) in [5.41, 5.74) is 1.49. The zero-order chi connectivity index (χ0) is 19.4. The van der Waals surface area contributed by atoms with E-state index in [9.17, 15) is 19.5 Å². The fraction of sp³-hybridized carbons (Fsp3) is 0.650. The Bertz CT molecular complexity index is 726. The van der Waals surface area contributed by atoms with Crippen LogP contribution in [0.2, 0.25) is 0 Å². The average Bonchev–Trinajstić information content (AvgIpc) is 3.03. The number of aryl methyl sites for hydroxylation is 1. The molecule has 2 aliphatic rings. The topological polar surface area (TPSA) is 92.7 Å². The van der Waals surface area contributed by atoms with Crippen molar-refractivity contribution in [3.8, 4) is 0 Å². The molecule has 0 aliphatic heterocycles. The van der Waals surface area contributed by atoms with Crippen LogP contribution in [-0.4, -0.2) is 29.6 Å². The molecule has 1 heterocycles. The molecule has 1 amide bonds. The lowest BCUT2D eigenvalue weighted by atomic mass is 9.78. The number of carboxylic acid groups (broad SMARTS) is 1. The van der Waals surface area contributed by atoms with Gasteiger partial charge in [-0.15, -0.1) is 11.3 Å². The second kappa shape index (κ2) is 8.87. The maximum Gasteiger partial charge on any atom is 0.341 e. The molecule has 2 atom stereocenters. The lowest BCUT2D eigenvalue weighted by molar-refractivity contribution is -0.147. The van der Waals surface area contributed by atoms with Crippen LogP contribution in [0.15, 0.2) is 0 Å². The number of rotatable bonds is 6. The Morgan fingerprint density at radius 1 is 1.11 bits per heavy atom. The maximum absolute atomic E-state index is 12.9. The molecule has 1 aromatic rings. The second-order valence-corrected chi connectivity index (χ2v) is 8.48. The van der Waals surface area contributed by atoms with Crippen molar-refractivity contribution in [1.82, 2.24) is 0 Å². The fourth-order valence-corrected chi connectivity index (χ4v) is 5.36. The van der Waals surface area contributed by atoms with E-state index in [-0.39, 0.29) is 11.9 Å². The van der Waals surface area contributed by atoms with E-state index in [1.54, 1.807) is 0 Å². The Kier molecular flexibility index (Phi) is 6.52. The monoisotopic (exact) mass is 393 g/mol. The minimum atomic E-state index is -0.914. The predicted octanol–water partition coefficient (Wildman–Crippen LogP) is 4.02. The molecule has 27 heavy (non-hydrogen) atoms.